The maximum atomic E-state index is 13.5. The van der Waals surface area contributed by atoms with E-state index in [9.17, 15) is 22.4 Å². The Morgan fingerprint density at radius 2 is 1.88 bits per heavy atom. The fourth-order valence-corrected chi connectivity index (χ4v) is 3.41. The number of methoxy groups -OCH3 is 1. The van der Waals surface area contributed by atoms with Crippen LogP contribution in [0.15, 0.2) is 66.9 Å². The number of anilines is 1. The first-order chi connectivity index (χ1) is 15.8. The summed E-state index contributed by atoms with van der Waals surface area (Å²) in [6.45, 7) is 1.28. The zero-order valence-electron chi connectivity index (χ0n) is 18.1. The van der Waals surface area contributed by atoms with Gasteiger partial charge in [-0.1, -0.05) is 18.2 Å². The summed E-state index contributed by atoms with van der Waals surface area (Å²) in [7, 11) is 1.57. The number of amides is 2. The maximum Gasteiger partial charge on any atom is 0.416 e. The zero-order valence-corrected chi connectivity index (χ0v) is 18.1. The van der Waals surface area contributed by atoms with Crippen molar-refractivity contribution in [2.45, 2.75) is 25.7 Å². The fourth-order valence-electron chi connectivity index (χ4n) is 3.41. The van der Waals surface area contributed by atoms with Gasteiger partial charge in [-0.05, 0) is 54.4 Å². The average molecular weight is 463 g/mol. The van der Waals surface area contributed by atoms with Gasteiger partial charge in [0.1, 0.15) is 5.82 Å². The van der Waals surface area contributed by atoms with Crippen LogP contribution in [0, 0.1) is 5.82 Å². The van der Waals surface area contributed by atoms with E-state index in [1.165, 1.54) is 24.3 Å². The summed E-state index contributed by atoms with van der Waals surface area (Å²) in [5, 5.41) is 2.69. The minimum Gasteiger partial charge on any atom is -0.385 e. The van der Waals surface area contributed by atoms with Gasteiger partial charge in [-0.3, -0.25) is 0 Å². The third kappa shape index (κ3) is 7.08. The number of carbonyl (C=O) groups excluding carboxylic acids is 1. The van der Waals surface area contributed by atoms with Gasteiger partial charge in [-0.15, -0.1) is 0 Å². The Bertz CT molecular complexity index is 1070. The second kappa shape index (κ2) is 11.0. The first-order valence-electron chi connectivity index (χ1n) is 10.4. The lowest BCUT2D eigenvalue weighted by Gasteiger charge is -2.24. The number of nitrogens with one attached hydrogen (secondary N) is 1. The summed E-state index contributed by atoms with van der Waals surface area (Å²) >= 11 is 0. The molecule has 2 amide bonds. The molecule has 9 heteroatoms. The van der Waals surface area contributed by atoms with Gasteiger partial charge >= 0.3 is 12.2 Å². The number of carbonyl (C=O) groups is 1. The van der Waals surface area contributed by atoms with Crippen LogP contribution in [0.3, 0.4) is 0 Å². The molecule has 0 aliphatic carbocycles. The Balaban J connectivity index is 1.75. The summed E-state index contributed by atoms with van der Waals surface area (Å²) in [4.78, 5) is 14.4. The Morgan fingerprint density at radius 1 is 1.09 bits per heavy atom. The van der Waals surface area contributed by atoms with E-state index in [4.69, 9.17) is 4.74 Å². The molecule has 1 heterocycles. The number of benzene rings is 2. The van der Waals surface area contributed by atoms with Gasteiger partial charge < -0.3 is 19.5 Å². The topological polar surface area (TPSA) is 46.5 Å². The van der Waals surface area contributed by atoms with Gasteiger partial charge in [0.15, 0.2) is 0 Å². The Hall–Kier alpha value is -3.33. The highest BCUT2D eigenvalue weighted by molar-refractivity contribution is 5.89. The van der Waals surface area contributed by atoms with Gasteiger partial charge in [0.2, 0.25) is 0 Å². The van der Waals surface area contributed by atoms with E-state index in [0.717, 1.165) is 17.8 Å². The van der Waals surface area contributed by atoms with Crippen LogP contribution in [-0.4, -0.2) is 35.8 Å². The predicted molar refractivity (Wildman–Crippen MR) is 117 cm³/mol. The van der Waals surface area contributed by atoms with E-state index in [0.29, 0.717) is 30.8 Å². The van der Waals surface area contributed by atoms with Crippen molar-refractivity contribution in [1.82, 2.24) is 9.47 Å². The van der Waals surface area contributed by atoms with Gasteiger partial charge in [0.25, 0.3) is 0 Å². The standard InChI is InChI=1S/C24H25F4N3O2/c1-33-13-5-12-31(23(32)29-21-9-3-8-20(25)15-21)17-22-10-4-11-30(22)16-18-6-2-7-19(14-18)24(26,27)28/h2-4,6-11,14-15H,5,12-13,16-17H2,1H3,(H,29,32). The monoisotopic (exact) mass is 463 g/mol. The van der Waals surface area contributed by atoms with Crippen LogP contribution in [0.25, 0.3) is 0 Å². The first kappa shape index (κ1) is 24.3. The highest BCUT2D eigenvalue weighted by atomic mass is 19.4. The number of hydrogen-bond donors (Lipinski definition) is 1. The van der Waals surface area contributed by atoms with E-state index in [2.05, 4.69) is 5.32 Å². The minimum absolute atomic E-state index is 0.219. The molecule has 0 radical (unpaired) electrons. The van der Waals surface area contributed by atoms with Gasteiger partial charge in [0.05, 0.1) is 12.1 Å². The lowest BCUT2D eigenvalue weighted by molar-refractivity contribution is -0.137. The number of hydrogen-bond acceptors (Lipinski definition) is 2. The van der Waals surface area contributed by atoms with E-state index >= 15 is 0 Å². The Morgan fingerprint density at radius 3 is 2.61 bits per heavy atom. The summed E-state index contributed by atoms with van der Waals surface area (Å²) in [5.74, 6) is -0.464. The molecular weight excluding hydrogens is 438 g/mol. The quantitative estimate of drug-likeness (QED) is 0.324. The molecule has 176 valence electrons. The second-order valence-corrected chi connectivity index (χ2v) is 7.53. The summed E-state index contributed by atoms with van der Waals surface area (Å²) < 4.78 is 59.5. The SMILES string of the molecule is COCCCN(Cc1cccn1Cc1cccc(C(F)(F)F)c1)C(=O)Nc1cccc(F)c1. The highest BCUT2D eigenvalue weighted by Gasteiger charge is 2.30. The van der Waals surface area contributed by atoms with Gasteiger partial charge in [-0.25, -0.2) is 9.18 Å². The average Bonchev–Trinajstić information content (AvgIpc) is 3.19. The van der Waals surface area contributed by atoms with Crippen LogP contribution in [0.1, 0.15) is 23.2 Å². The number of halogens is 4. The maximum absolute atomic E-state index is 13.5. The van der Waals surface area contributed by atoms with Crippen molar-refractivity contribution >= 4 is 11.7 Å². The molecule has 0 fully saturated rings. The number of urea groups is 1. The summed E-state index contributed by atoms with van der Waals surface area (Å²) in [6.07, 6.45) is -2.07. The third-order valence-corrected chi connectivity index (χ3v) is 5.02. The predicted octanol–water partition coefficient (Wildman–Crippen LogP) is 5.76. The lowest BCUT2D eigenvalue weighted by atomic mass is 10.1. The second-order valence-electron chi connectivity index (χ2n) is 7.53. The largest absolute Gasteiger partial charge is 0.416 e. The normalized spacial score (nSPS) is 11.4. The van der Waals surface area contributed by atoms with Crippen LogP contribution >= 0.6 is 0 Å². The van der Waals surface area contributed by atoms with E-state index in [1.54, 1.807) is 41.0 Å². The minimum atomic E-state index is -4.41. The number of ether oxygens (including phenoxy) is 1. The zero-order chi connectivity index (χ0) is 23.8. The molecule has 3 rings (SSSR count). The van der Waals surface area contributed by atoms with Crippen LogP contribution in [0.2, 0.25) is 0 Å². The molecule has 0 saturated carbocycles. The number of nitrogens with zero attached hydrogens (tertiary/aromatic N) is 2. The van der Waals surface area contributed by atoms with Crippen LogP contribution in [0.4, 0.5) is 28.0 Å². The van der Waals surface area contributed by atoms with Crippen molar-refractivity contribution in [3.8, 4) is 0 Å². The van der Waals surface area contributed by atoms with Crippen LogP contribution in [-0.2, 0) is 24.0 Å². The van der Waals surface area contributed by atoms with Gasteiger partial charge in [-0.2, -0.15) is 13.2 Å². The van der Waals surface area contributed by atoms with E-state index in [-0.39, 0.29) is 13.1 Å². The molecular formula is C24H25F4N3O2. The molecule has 0 atom stereocenters. The molecule has 0 saturated heterocycles. The third-order valence-electron chi connectivity index (χ3n) is 5.02. The van der Waals surface area contributed by atoms with Crippen molar-refractivity contribution in [3.63, 3.8) is 0 Å². The molecule has 1 N–H and O–H groups in total. The molecule has 5 nitrogen and oxygen atoms in total. The fraction of sp³-hybridized carbons (Fsp3) is 0.292. The molecule has 3 aromatic rings. The van der Waals surface area contributed by atoms with Crippen molar-refractivity contribution in [2.75, 3.05) is 25.6 Å². The van der Waals surface area contributed by atoms with Crippen LogP contribution in [0.5, 0.6) is 0 Å². The molecule has 2 aromatic carbocycles. The van der Waals surface area contributed by atoms with Crippen molar-refractivity contribution in [1.29, 1.82) is 0 Å². The Labute approximate surface area is 189 Å². The molecule has 1 aromatic heterocycles. The van der Waals surface area contributed by atoms with E-state index < -0.39 is 23.6 Å². The van der Waals surface area contributed by atoms with Crippen molar-refractivity contribution in [2.24, 2.45) is 0 Å². The molecule has 0 aliphatic rings. The molecule has 0 spiro atoms. The lowest BCUT2D eigenvalue weighted by Crippen LogP contribution is -2.36. The van der Waals surface area contributed by atoms with Crippen molar-refractivity contribution < 1.29 is 27.1 Å². The van der Waals surface area contributed by atoms with E-state index in [1.807, 2.05) is 6.07 Å². The number of alkyl halides is 3. The van der Waals surface area contributed by atoms with Crippen LogP contribution < -0.4 is 5.32 Å². The molecule has 0 bridgehead atoms. The van der Waals surface area contributed by atoms with Crippen molar-refractivity contribution in [3.05, 3.63) is 89.5 Å². The first-order valence-corrected chi connectivity index (χ1v) is 10.4. The van der Waals surface area contributed by atoms with Gasteiger partial charge in [0, 0.05) is 44.4 Å². The summed E-state index contributed by atoms with van der Waals surface area (Å²) in [5.41, 5.74) is 0.872. The summed E-state index contributed by atoms with van der Waals surface area (Å²) in [6, 6.07) is 13.9. The Kier molecular flexibility index (Phi) is 8.11. The number of rotatable bonds is 9. The smallest absolute Gasteiger partial charge is 0.385 e. The molecule has 0 aliphatic heterocycles. The molecule has 0 unspecified atom stereocenters. The number of aromatic nitrogens is 1. The molecule has 33 heavy (non-hydrogen) atoms. The highest BCUT2D eigenvalue weighted by Crippen LogP contribution is 2.29.